The Kier molecular flexibility index (Phi) is 3.95. The monoisotopic (exact) mass is 197 g/mol. The molecule has 2 N–H and O–H groups in total. The van der Waals surface area contributed by atoms with Crippen molar-refractivity contribution in [3.63, 3.8) is 0 Å². The zero-order valence-corrected chi connectivity index (χ0v) is 9.16. The largest absolute Gasteiger partial charge is 0.382 e. The van der Waals surface area contributed by atoms with Crippen molar-refractivity contribution in [1.29, 1.82) is 0 Å². The number of aryl methyl sites for hydroxylation is 1. The van der Waals surface area contributed by atoms with Gasteiger partial charge in [-0.2, -0.15) is 5.10 Å². The Bertz CT molecular complexity index is 281. The Morgan fingerprint density at radius 2 is 2.29 bits per heavy atom. The number of nitrogens with two attached hydrogens (primary N) is 1. The molecule has 0 aliphatic rings. The molecule has 1 aromatic rings. The van der Waals surface area contributed by atoms with Crippen molar-refractivity contribution in [2.45, 2.75) is 26.9 Å². The van der Waals surface area contributed by atoms with Crippen molar-refractivity contribution in [2.75, 3.05) is 12.3 Å². The van der Waals surface area contributed by atoms with Crippen molar-refractivity contribution in [3.8, 4) is 0 Å². The van der Waals surface area contributed by atoms with Gasteiger partial charge in [-0.3, -0.25) is 4.68 Å². The highest BCUT2D eigenvalue weighted by Crippen LogP contribution is 2.06. The summed E-state index contributed by atoms with van der Waals surface area (Å²) < 4.78 is 7.26. The summed E-state index contributed by atoms with van der Waals surface area (Å²) in [7, 11) is 1.87. The van der Waals surface area contributed by atoms with Crippen LogP contribution in [0.1, 0.15) is 26.0 Å². The average Bonchev–Trinajstić information content (AvgIpc) is 2.39. The van der Waals surface area contributed by atoms with Gasteiger partial charge >= 0.3 is 0 Å². The SMILES string of the molecule is CC(C)CCOCc1cc(N)nn1C. The molecule has 1 rings (SSSR count). The van der Waals surface area contributed by atoms with Gasteiger partial charge in [-0.1, -0.05) is 13.8 Å². The van der Waals surface area contributed by atoms with E-state index in [9.17, 15) is 0 Å². The predicted molar refractivity (Wildman–Crippen MR) is 56.7 cm³/mol. The summed E-state index contributed by atoms with van der Waals surface area (Å²) >= 11 is 0. The number of nitrogens with zero attached hydrogens (tertiary/aromatic N) is 2. The quantitative estimate of drug-likeness (QED) is 0.729. The van der Waals surface area contributed by atoms with E-state index in [1.54, 1.807) is 4.68 Å². The molecular formula is C10H19N3O. The van der Waals surface area contributed by atoms with Gasteiger partial charge in [0.1, 0.15) is 5.82 Å². The van der Waals surface area contributed by atoms with E-state index in [1.165, 1.54) is 0 Å². The van der Waals surface area contributed by atoms with Gasteiger partial charge < -0.3 is 10.5 Å². The third-order valence-corrected chi connectivity index (χ3v) is 2.09. The summed E-state index contributed by atoms with van der Waals surface area (Å²) in [6.07, 6.45) is 1.09. The maximum Gasteiger partial charge on any atom is 0.145 e. The van der Waals surface area contributed by atoms with E-state index in [-0.39, 0.29) is 0 Å². The molecule has 0 aliphatic carbocycles. The molecule has 0 aromatic carbocycles. The lowest BCUT2D eigenvalue weighted by Crippen LogP contribution is -2.03. The topological polar surface area (TPSA) is 53.1 Å². The lowest BCUT2D eigenvalue weighted by Gasteiger charge is -2.06. The zero-order valence-electron chi connectivity index (χ0n) is 9.16. The van der Waals surface area contributed by atoms with E-state index >= 15 is 0 Å². The normalized spacial score (nSPS) is 11.1. The summed E-state index contributed by atoms with van der Waals surface area (Å²) in [5.74, 6) is 1.24. The van der Waals surface area contributed by atoms with Gasteiger partial charge in [-0.25, -0.2) is 0 Å². The number of rotatable bonds is 5. The second kappa shape index (κ2) is 5.00. The van der Waals surface area contributed by atoms with E-state index in [1.807, 2.05) is 13.1 Å². The zero-order chi connectivity index (χ0) is 10.6. The van der Waals surface area contributed by atoms with Gasteiger partial charge in [0, 0.05) is 19.7 Å². The molecule has 4 nitrogen and oxygen atoms in total. The first-order valence-corrected chi connectivity index (χ1v) is 4.95. The Balaban J connectivity index is 2.28. The third-order valence-electron chi connectivity index (χ3n) is 2.09. The molecule has 0 amide bonds. The molecule has 1 aromatic heterocycles. The molecule has 0 unspecified atom stereocenters. The van der Waals surface area contributed by atoms with Crippen LogP contribution in [-0.4, -0.2) is 16.4 Å². The molecule has 1 heterocycles. The van der Waals surface area contributed by atoms with Crippen LogP contribution in [-0.2, 0) is 18.4 Å². The number of anilines is 1. The minimum absolute atomic E-state index is 0.551. The molecule has 80 valence electrons. The number of hydrogen-bond acceptors (Lipinski definition) is 3. The minimum atomic E-state index is 0.551. The van der Waals surface area contributed by atoms with Gasteiger partial charge in [0.25, 0.3) is 0 Å². The lowest BCUT2D eigenvalue weighted by atomic mass is 10.1. The molecular weight excluding hydrogens is 178 g/mol. The Hall–Kier alpha value is -1.03. The highest BCUT2D eigenvalue weighted by molar-refractivity contribution is 5.28. The average molecular weight is 197 g/mol. The Morgan fingerprint density at radius 1 is 1.57 bits per heavy atom. The summed E-state index contributed by atoms with van der Waals surface area (Å²) in [6, 6.07) is 1.84. The number of aromatic nitrogens is 2. The van der Waals surface area contributed by atoms with Crippen molar-refractivity contribution in [1.82, 2.24) is 9.78 Å². The summed E-state index contributed by atoms with van der Waals surface area (Å²) in [5.41, 5.74) is 6.56. The second-order valence-electron chi connectivity index (χ2n) is 3.92. The van der Waals surface area contributed by atoms with Crippen LogP contribution in [0.2, 0.25) is 0 Å². The molecule has 0 bridgehead atoms. The fourth-order valence-corrected chi connectivity index (χ4v) is 1.16. The molecule has 14 heavy (non-hydrogen) atoms. The fraction of sp³-hybridized carbons (Fsp3) is 0.700. The fourth-order valence-electron chi connectivity index (χ4n) is 1.16. The highest BCUT2D eigenvalue weighted by atomic mass is 16.5. The molecule has 0 saturated heterocycles. The van der Waals surface area contributed by atoms with Crippen LogP contribution in [0.25, 0.3) is 0 Å². The summed E-state index contributed by atoms with van der Waals surface area (Å²) in [6.45, 7) is 5.76. The molecule has 0 aliphatic heterocycles. The van der Waals surface area contributed by atoms with Crippen LogP contribution in [0.4, 0.5) is 5.82 Å². The molecule has 0 atom stereocenters. The molecule has 4 heteroatoms. The third kappa shape index (κ3) is 3.38. The Morgan fingerprint density at radius 3 is 2.79 bits per heavy atom. The molecule has 0 fully saturated rings. The van der Waals surface area contributed by atoms with E-state index in [0.29, 0.717) is 18.3 Å². The first-order chi connectivity index (χ1) is 6.59. The van der Waals surface area contributed by atoms with E-state index in [2.05, 4.69) is 18.9 Å². The van der Waals surface area contributed by atoms with Crippen molar-refractivity contribution in [3.05, 3.63) is 11.8 Å². The van der Waals surface area contributed by atoms with Crippen LogP contribution in [0.5, 0.6) is 0 Å². The smallest absolute Gasteiger partial charge is 0.145 e. The van der Waals surface area contributed by atoms with Gasteiger partial charge in [0.05, 0.1) is 12.3 Å². The van der Waals surface area contributed by atoms with E-state index in [0.717, 1.165) is 18.7 Å². The second-order valence-corrected chi connectivity index (χ2v) is 3.92. The van der Waals surface area contributed by atoms with Crippen molar-refractivity contribution >= 4 is 5.82 Å². The number of hydrogen-bond donors (Lipinski definition) is 1. The number of ether oxygens (including phenoxy) is 1. The van der Waals surface area contributed by atoms with Gasteiger partial charge in [0.15, 0.2) is 0 Å². The first kappa shape index (κ1) is 11.0. The van der Waals surface area contributed by atoms with Gasteiger partial charge in [-0.15, -0.1) is 0 Å². The molecule has 0 radical (unpaired) electrons. The standard InChI is InChI=1S/C10H19N3O/c1-8(2)4-5-14-7-9-6-10(11)12-13(9)3/h6,8H,4-5,7H2,1-3H3,(H2,11,12). The maximum absolute atomic E-state index is 5.54. The first-order valence-electron chi connectivity index (χ1n) is 4.95. The Labute approximate surface area is 85.0 Å². The predicted octanol–water partition coefficient (Wildman–Crippen LogP) is 1.56. The summed E-state index contributed by atoms with van der Waals surface area (Å²) in [4.78, 5) is 0. The van der Waals surface area contributed by atoms with Crippen LogP contribution < -0.4 is 5.73 Å². The van der Waals surface area contributed by atoms with E-state index < -0.39 is 0 Å². The van der Waals surface area contributed by atoms with Gasteiger partial charge in [-0.05, 0) is 12.3 Å². The highest BCUT2D eigenvalue weighted by Gasteiger charge is 2.02. The van der Waals surface area contributed by atoms with Gasteiger partial charge in [0.2, 0.25) is 0 Å². The van der Waals surface area contributed by atoms with Crippen LogP contribution in [0, 0.1) is 5.92 Å². The van der Waals surface area contributed by atoms with E-state index in [4.69, 9.17) is 10.5 Å². The van der Waals surface area contributed by atoms with Crippen molar-refractivity contribution in [2.24, 2.45) is 13.0 Å². The summed E-state index contributed by atoms with van der Waals surface area (Å²) in [5, 5.41) is 4.04. The molecule has 0 spiro atoms. The van der Waals surface area contributed by atoms with Crippen LogP contribution >= 0.6 is 0 Å². The number of nitrogen functional groups attached to an aromatic ring is 1. The van der Waals surface area contributed by atoms with Crippen LogP contribution in [0.15, 0.2) is 6.07 Å². The lowest BCUT2D eigenvalue weighted by molar-refractivity contribution is 0.106. The molecule has 0 saturated carbocycles. The van der Waals surface area contributed by atoms with Crippen molar-refractivity contribution < 1.29 is 4.74 Å². The van der Waals surface area contributed by atoms with Crippen LogP contribution in [0.3, 0.4) is 0 Å². The minimum Gasteiger partial charge on any atom is -0.382 e. The maximum atomic E-state index is 5.54.